The third-order valence-corrected chi connectivity index (χ3v) is 3.20. The van der Waals surface area contributed by atoms with Crippen molar-refractivity contribution in [3.63, 3.8) is 0 Å². The van der Waals surface area contributed by atoms with Gasteiger partial charge >= 0.3 is 0 Å². The van der Waals surface area contributed by atoms with Gasteiger partial charge in [0.2, 0.25) is 0 Å². The number of anilines is 1. The quantitative estimate of drug-likeness (QED) is 0.917. The summed E-state index contributed by atoms with van der Waals surface area (Å²) in [5.41, 5.74) is 2.67. The topological polar surface area (TPSA) is 62.1 Å². The zero-order valence-electron chi connectivity index (χ0n) is 11.2. The minimum atomic E-state index is -0.200. The van der Waals surface area contributed by atoms with Crippen LogP contribution in [-0.2, 0) is 4.79 Å². The van der Waals surface area contributed by atoms with Crippen LogP contribution in [0.2, 0.25) is 0 Å². The molecule has 21 heavy (non-hydrogen) atoms. The number of ether oxygens (including phenoxy) is 1. The number of nitrogens with zero attached hydrogens (tertiary/aromatic N) is 1. The van der Waals surface area contributed by atoms with Gasteiger partial charge < -0.3 is 10.1 Å². The summed E-state index contributed by atoms with van der Waals surface area (Å²) in [6, 6.07) is 16.4. The van der Waals surface area contributed by atoms with Crippen molar-refractivity contribution in [1.29, 1.82) is 5.26 Å². The SMILES string of the molecule is N#Cc1ccc(NC(=O)C2=Cc3ccccc3OC2)cc1. The Balaban J connectivity index is 1.77. The highest BCUT2D eigenvalue weighted by atomic mass is 16.5. The Morgan fingerprint density at radius 2 is 1.90 bits per heavy atom. The molecule has 1 amide bonds. The van der Waals surface area contributed by atoms with E-state index in [2.05, 4.69) is 5.32 Å². The molecule has 0 saturated heterocycles. The minimum absolute atomic E-state index is 0.200. The Morgan fingerprint density at radius 3 is 2.67 bits per heavy atom. The standard InChI is InChI=1S/C17H12N2O2/c18-10-12-5-7-15(8-6-12)19-17(20)14-9-13-3-1-2-4-16(13)21-11-14/h1-9H,11H2,(H,19,20). The Kier molecular flexibility index (Phi) is 3.40. The van der Waals surface area contributed by atoms with Gasteiger partial charge in [-0.2, -0.15) is 5.26 Å². The fourth-order valence-electron chi connectivity index (χ4n) is 2.09. The van der Waals surface area contributed by atoms with Gasteiger partial charge in [-0.25, -0.2) is 0 Å². The van der Waals surface area contributed by atoms with E-state index in [1.165, 1.54) is 0 Å². The lowest BCUT2D eigenvalue weighted by molar-refractivity contribution is -0.113. The molecule has 1 aliphatic rings. The summed E-state index contributed by atoms with van der Waals surface area (Å²) >= 11 is 0. The Hall–Kier alpha value is -3.06. The number of nitrogens with one attached hydrogen (secondary N) is 1. The summed E-state index contributed by atoms with van der Waals surface area (Å²) in [4.78, 5) is 12.2. The van der Waals surface area contributed by atoms with E-state index in [-0.39, 0.29) is 12.5 Å². The number of para-hydroxylation sites is 1. The van der Waals surface area contributed by atoms with E-state index in [1.807, 2.05) is 36.4 Å². The van der Waals surface area contributed by atoms with Crippen molar-refractivity contribution in [2.75, 3.05) is 11.9 Å². The Morgan fingerprint density at radius 1 is 1.14 bits per heavy atom. The van der Waals surface area contributed by atoms with Gasteiger partial charge in [0.25, 0.3) is 5.91 Å². The summed E-state index contributed by atoms with van der Waals surface area (Å²) in [6.07, 6.45) is 1.83. The highest BCUT2D eigenvalue weighted by Crippen LogP contribution is 2.26. The zero-order valence-corrected chi connectivity index (χ0v) is 11.2. The van der Waals surface area contributed by atoms with E-state index < -0.39 is 0 Å². The average Bonchev–Trinajstić information content (AvgIpc) is 2.55. The van der Waals surface area contributed by atoms with Crippen molar-refractivity contribution in [2.24, 2.45) is 0 Å². The number of rotatable bonds is 2. The number of hydrogen-bond acceptors (Lipinski definition) is 3. The fraction of sp³-hybridized carbons (Fsp3) is 0.0588. The molecule has 1 heterocycles. The predicted molar refractivity (Wildman–Crippen MR) is 79.7 cm³/mol. The van der Waals surface area contributed by atoms with Crippen molar-refractivity contribution in [3.8, 4) is 11.8 Å². The third-order valence-electron chi connectivity index (χ3n) is 3.20. The van der Waals surface area contributed by atoms with Crippen LogP contribution in [0.4, 0.5) is 5.69 Å². The van der Waals surface area contributed by atoms with Crippen LogP contribution in [0.5, 0.6) is 5.75 Å². The molecule has 2 aromatic rings. The van der Waals surface area contributed by atoms with E-state index in [1.54, 1.807) is 24.3 Å². The summed E-state index contributed by atoms with van der Waals surface area (Å²) in [5, 5.41) is 11.5. The van der Waals surface area contributed by atoms with Crippen molar-refractivity contribution in [3.05, 3.63) is 65.2 Å². The van der Waals surface area contributed by atoms with E-state index in [9.17, 15) is 4.79 Å². The second kappa shape index (κ2) is 5.51. The van der Waals surface area contributed by atoms with Crippen molar-refractivity contribution >= 4 is 17.7 Å². The summed E-state index contributed by atoms with van der Waals surface area (Å²) in [7, 11) is 0. The molecule has 0 aliphatic carbocycles. The first-order valence-corrected chi connectivity index (χ1v) is 6.50. The zero-order chi connectivity index (χ0) is 14.7. The molecular formula is C17H12N2O2. The summed E-state index contributed by atoms with van der Waals surface area (Å²) < 4.78 is 5.56. The number of benzene rings is 2. The van der Waals surface area contributed by atoms with Crippen LogP contribution in [0, 0.1) is 11.3 Å². The van der Waals surface area contributed by atoms with Crippen LogP contribution in [0.3, 0.4) is 0 Å². The second-order valence-corrected chi connectivity index (χ2v) is 4.64. The average molecular weight is 276 g/mol. The molecule has 0 spiro atoms. The van der Waals surface area contributed by atoms with Crippen molar-refractivity contribution in [2.45, 2.75) is 0 Å². The van der Waals surface area contributed by atoms with Crippen LogP contribution in [-0.4, -0.2) is 12.5 Å². The molecule has 3 rings (SSSR count). The van der Waals surface area contributed by atoms with Crippen LogP contribution in [0.1, 0.15) is 11.1 Å². The number of fused-ring (bicyclic) bond motifs is 1. The van der Waals surface area contributed by atoms with E-state index in [4.69, 9.17) is 10.00 Å². The van der Waals surface area contributed by atoms with Crippen LogP contribution in [0.25, 0.3) is 6.08 Å². The van der Waals surface area contributed by atoms with Crippen LogP contribution < -0.4 is 10.1 Å². The van der Waals surface area contributed by atoms with Gasteiger partial charge in [-0.05, 0) is 36.4 Å². The molecule has 0 unspecified atom stereocenters. The molecule has 102 valence electrons. The lowest BCUT2D eigenvalue weighted by Gasteiger charge is -2.17. The second-order valence-electron chi connectivity index (χ2n) is 4.64. The molecule has 0 fully saturated rings. The van der Waals surface area contributed by atoms with E-state index in [0.29, 0.717) is 16.8 Å². The first kappa shape index (κ1) is 12.9. The number of carbonyl (C=O) groups is 1. The molecule has 0 atom stereocenters. The summed E-state index contributed by atoms with van der Waals surface area (Å²) in [6.45, 7) is 0.249. The molecule has 1 aliphatic heterocycles. The van der Waals surface area contributed by atoms with Crippen LogP contribution >= 0.6 is 0 Å². The van der Waals surface area contributed by atoms with Gasteiger partial charge in [0.15, 0.2) is 0 Å². The normalized spacial score (nSPS) is 12.4. The molecule has 0 aromatic heterocycles. The maximum Gasteiger partial charge on any atom is 0.255 e. The van der Waals surface area contributed by atoms with Crippen molar-refractivity contribution in [1.82, 2.24) is 0 Å². The minimum Gasteiger partial charge on any atom is -0.488 e. The van der Waals surface area contributed by atoms with Gasteiger partial charge in [-0.1, -0.05) is 18.2 Å². The Labute approximate surface area is 122 Å². The van der Waals surface area contributed by atoms with Gasteiger partial charge in [0, 0.05) is 11.3 Å². The smallest absolute Gasteiger partial charge is 0.255 e. The number of carbonyl (C=O) groups excluding carboxylic acids is 1. The highest BCUT2D eigenvalue weighted by Gasteiger charge is 2.16. The number of amides is 1. The maximum absolute atomic E-state index is 12.2. The monoisotopic (exact) mass is 276 g/mol. The lowest BCUT2D eigenvalue weighted by Crippen LogP contribution is -2.21. The van der Waals surface area contributed by atoms with Crippen molar-refractivity contribution < 1.29 is 9.53 Å². The van der Waals surface area contributed by atoms with Gasteiger partial charge in [0.05, 0.1) is 17.2 Å². The third kappa shape index (κ3) is 2.77. The van der Waals surface area contributed by atoms with Gasteiger partial charge in [-0.3, -0.25) is 4.79 Å². The largest absolute Gasteiger partial charge is 0.488 e. The van der Waals surface area contributed by atoms with Gasteiger partial charge in [-0.15, -0.1) is 0 Å². The number of nitriles is 1. The van der Waals surface area contributed by atoms with E-state index >= 15 is 0 Å². The molecule has 4 heteroatoms. The molecule has 0 bridgehead atoms. The first-order valence-electron chi connectivity index (χ1n) is 6.50. The Bertz CT molecular complexity index is 755. The predicted octanol–water partition coefficient (Wildman–Crippen LogP) is 2.97. The van der Waals surface area contributed by atoms with Crippen LogP contribution in [0.15, 0.2) is 54.1 Å². The number of hydrogen-bond donors (Lipinski definition) is 1. The molecule has 4 nitrogen and oxygen atoms in total. The lowest BCUT2D eigenvalue weighted by atomic mass is 10.1. The summed E-state index contributed by atoms with van der Waals surface area (Å²) in [5.74, 6) is 0.585. The van der Waals surface area contributed by atoms with E-state index in [0.717, 1.165) is 11.3 Å². The molecule has 0 saturated carbocycles. The first-order chi connectivity index (χ1) is 10.3. The molecule has 1 N–H and O–H groups in total. The highest BCUT2D eigenvalue weighted by molar-refractivity contribution is 6.07. The molecule has 0 radical (unpaired) electrons. The molecule has 2 aromatic carbocycles. The fourth-order valence-corrected chi connectivity index (χ4v) is 2.09. The van der Waals surface area contributed by atoms with Gasteiger partial charge in [0.1, 0.15) is 12.4 Å². The molecular weight excluding hydrogens is 264 g/mol. The maximum atomic E-state index is 12.2.